The number of rotatable bonds is 4. The zero-order valence-electron chi connectivity index (χ0n) is 13.2. The largest absolute Gasteiger partial charge is 0.299 e. The Labute approximate surface area is 158 Å². The molecule has 3 heterocycles. The number of thiazole rings is 1. The van der Waals surface area contributed by atoms with Crippen molar-refractivity contribution in [3.05, 3.63) is 51.8 Å². The smallest absolute Gasteiger partial charge is 0.268 e. The van der Waals surface area contributed by atoms with Gasteiger partial charge in [-0.15, -0.1) is 11.3 Å². The molecule has 0 unspecified atom stereocenters. The van der Waals surface area contributed by atoms with Gasteiger partial charge in [-0.05, 0) is 24.6 Å². The van der Waals surface area contributed by atoms with E-state index >= 15 is 0 Å². The van der Waals surface area contributed by atoms with Crippen molar-refractivity contribution in [3.8, 4) is 11.3 Å². The molecule has 0 atom stereocenters. The summed E-state index contributed by atoms with van der Waals surface area (Å²) >= 11 is 13.6. The summed E-state index contributed by atoms with van der Waals surface area (Å²) in [5.74, 6) is 1.07. The molecule has 4 rings (SSSR count). The van der Waals surface area contributed by atoms with Gasteiger partial charge in [0.25, 0.3) is 11.7 Å². The lowest BCUT2D eigenvalue weighted by atomic mass is 10.1. The minimum Gasteiger partial charge on any atom is -0.299 e. The van der Waals surface area contributed by atoms with Crippen molar-refractivity contribution >= 4 is 45.6 Å². The maximum Gasteiger partial charge on any atom is 0.268 e. The lowest BCUT2D eigenvalue weighted by molar-refractivity contribution is -0.690. The normalized spacial score (nSPS) is 13.0. The van der Waals surface area contributed by atoms with E-state index in [2.05, 4.69) is 14.9 Å². The van der Waals surface area contributed by atoms with Crippen LogP contribution < -0.4 is 9.88 Å². The van der Waals surface area contributed by atoms with Gasteiger partial charge in [0.1, 0.15) is 6.20 Å². The van der Waals surface area contributed by atoms with E-state index in [-0.39, 0.29) is 12.5 Å². The van der Waals surface area contributed by atoms with Crippen molar-refractivity contribution in [2.75, 3.05) is 5.32 Å². The summed E-state index contributed by atoms with van der Waals surface area (Å²) in [6.45, 7) is 1.20. The maximum absolute atomic E-state index is 12.3. The first-order valence-electron chi connectivity index (χ1n) is 7.88. The Morgan fingerprint density at radius 2 is 2.24 bits per heavy atom. The number of anilines is 1. The highest BCUT2D eigenvalue weighted by Gasteiger charge is 2.29. The summed E-state index contributed by atoms with van der Waals surface area (Å²) in [6.07, 6.45) is 5.70. The second-order valence-electron chi connectivity index (χ2n) is 5.83. The fourth-order valence-electron chi connectivity index (χ4n) is 3.13. The fraction of sp³-hybridized carbons (Fsp3) is 0.235. The first-order valence-corrected chi connectivity index (χ1v) is 9.52. The third kappa shape index (κ3) is 3.29. The number of carbonyl (C=O) groups excluding carboxylic acids is 1. The van der Waals surface area contributed by atoms with E-state index in [1.807, 2.05) is 28.3 Å². The highest BCUT2D eigenvalue weighted by molar-refractivity contribution is 7.13. The van der Waals surface area contributed by atoms with Crippen molar-refractivity contribution in [2.45, 2.75) is 25.9 Å². The van der Waals surface area contributed by atoms with Gasteiger partial charge in [0.15, 0.2) is 17.4 Å². The summed E-state index contributed by atoms with van der Waals surface area (Å²) in [5.41, 5.74) is 2.05. The quantitative estimate of drug-likeness (QED) is 0.685. The molecule has 1 aliphatic heterocycles. The highest BCUT2D eigenvalue weighted by atomic mass is 35.5. The van der Waals surface area contributed by atoms with E-state index in [1.165, 1.54) is 11.3 Å². The number of halogens is 2. The second-order valence-corrected chi connectivity index (χ2v) is 7.54. The van der Waals surface area contributed by atoms with Crippen LogP contribution in [0.1, 0.15) is 12.2 Å². The van der Waals surface area contributed by atoms with Crippen molar-refractivity contribution < 1.29 is 9.36 Å². The predicted molar refractivity (Wildman–Crippen MR) is 99.1 cm³/mol. The van der Waals surface area contributed by atoms with Crippen LogP contribution in [0.25, 0.3) is 11.3 Å². The van der Waals surface area contributed by atoms with Crippen molar-refractivity contribution in [1.82, 2.24) is 9.55 Å². The van der Waals surface area contributed by atoms with E-state index in [0.717, 1.165) is 36.5 Å². The number of imidazole rings is 1. The molecule has 5 nitrogen and oxygen atoms in total. The Morgan fingerprint density at radius 3 is 3.00 bits per heavy atom. The topological polar surface area (TPSA) is 50.8 Å². The van der Waals surface area contributed by atoms with Crippen molar-refractivity contribution in [3.63, 3.8) is 0 Å². The monoisotopic (exact) mass is 393 g/mol. The van der Waals surface area contributed by atoms with Gasteiger partial charge < -0.3 is 0 Å². The molecule has 0 saturated carbocycles. The number of carbonyl (C=O) groups is 1. The molecule has 0 radical (unpaired) electrons. The molecule has 0 spiro atoms. The molecule has 25 heavy (non-hydrogen) atoms. The zero-order valence-corrected chi connectivity index (χ0v) is 15.5. The van der Waals surface area contributed by atoms with E-state index < -0.39 is 0 Å². The Kier molecular flexibility index (Phi) is 4.50. The average Bonchev–Trinajstić information content (AvgIpc) is 3.29. The van der Waals surface area contributed by atoms with Crippen LogP contribution in [0.3, 0.4) is 0 Å². The van der Waals surface area contributed by atoms with E-state index in [1.54, 1.807) is 12.3 Å². The molecule has 1 aromatic carbocycles. The van der Waals surface area contributed by atoms with E-state index in [0.29, 0.717) is 15.2 Å². The molecule has 8 heteroatoms. The van der Waals surface area contributed by atoms with Crippen LogP contribution in [0.4, 0.5) is 5.13 Å². The minimum atomic E-state index is -0.0825. The molecular formula is C17H15Cl2N4OS+. The lowest BCUT2D eigenvalue weighted by Gasteiger charge is -2.01. The number of nitrogens with one attached hydrogen (secondary N) is 1. The molecule has 0 bridgehead atoms. The zero-order chi connectivity index (χ0) is 17.4. The van der Waals surface area contributed by atoms with Crippen molar-refractivity contribution in [1.29, 1.82) is 0 Å². The maximum atomic E-state index is 12.3. The average molecular weight is 394 g/mol. The molecule has 0 fully saturated rings. The van der Waals surface area contributed by atoms with Crippen LogP contribution in [-0.4, -0.2) is 15.5 Å². The molecule has 2 aromatic heterocycles. The first kappa shape index (κ1) is 16.6. The van der Waals surface area contributed by atoms with Crippen LogP contribution in [0, 0.1) is 0 Å². The summed E-state index contributed by atoms with van der Waals surface area (Å²) in [6, 6.07) is 5.62. The molecule has 3 aromatic rings. The molecule has 0 aliphatic carbocycles. The summed E-state index contributed by atoms with van der Waals surface area (Å²) < 4.78 is 4.25. The van der Waals surface area contributed by atoms with Gasteiger partial charge in [-0.25, -0.2) is 14.1 Å². The van der Waals surface area contributed by atoms with E-state index in [9.17, 15) is 4.79 Å². The fourth-order valence-corrected chi connectivity index (χ4v) is 3.97. The van der Waals surface area contributed by atoms with Gasteiger partial charge in [0.05, 0.1) is 23.0 Å². The van der Waals surface area contributed by atoms with Crippen LogP contribution >= 0.6 is 34.5 Å². The molecule has 1 amide bonds. The number of aromatic nitrogens is 3. The van der Waals surface area contributed by atoms with Gasteiger partial charge in [0, 0.05) is 17.1 Å². The van der Waals surface area contributed by atoms with Gasteiger partial charge in [-0.3, -0.25) is 10.1 Å². The van der Waals surface area contributed by atoms with Gasteiger partial charge in [0.2, 0.25) is 0 Å². The Hall–Kier alpha value is -1.89. The number of hydrogen-bond donors (Lipinski definition) is 1. The van der Waals surface area contributed by atoms with Gasteiger partial charge in [-0.1, -0.05) is 23.2 Å². The third-order valence-electron chi connectivity index (χ3n) is 4.20. The Balaban J connectivity index is 1.63. The standard InChI is InChI=1S/C17H14Cl2N4OS/c18-12-4-3-11(8-13(12)19)14-9-22(16-2-1-6-23(14)16)10-15(24)21-17-20-5-7-25-17/h3-5,7-9H,1-2,6,10H2/p+1. The second kappa shape index (κ2) is 6.78. The number of benzene rings is 1. The number of fused-ring (bicyclic) bond motifs is 1. The highest BCUT2D eigenvalue weighted by Crippen LogP contribution is 2.30. The summed E-state index contributed by atoms with van der Waals surface area (Å²) in [4.78, 5) is 16.4. The molecule has 128 valence electrons. The van der Waals surface area contributed by atoms with Crippen LogP contribution in [0.15, 0.2) is 36.0 Å². The Morgan fingerprint density at radius 1 is 1.36 bits per heavy atom. The third-order valence-corrected chi connectivity index (χ3v) is 5.63. The van der Waals surface area contributed by atoms with Crippen LogP contribution in [0.2, 0.25) is 10.0 Å². The van der Waals surface area contributed by atoms with Crippen LogP contribution in [0.5, 0.6) is 0 Å². The molecule has 1 aliphatic rings. The predicted octanol–water partition coefficient (Wildman–Crippen LogP) is 3.79. The first-order chi connectivity index (χ1) is 12.1. The van der Waals surface area contributed by atoms with Crippen molar-refractivity contribution in [2.24, 2.45) is 0 Å². The van der Waals surface area contributed by atoms with Gasteiger partial charge in [-0.2, -0.15) is 0 Å². The summed E-state index contributed by atoms with van der Waals surface area (Å²) in [7, 11) is 0. The molecule has 1 N–H and O–H groups in total. The molecule has 0 saturated heterocycles. The SMILES string of the molecule is O=C(C[n+]1cc(-c2ccc(Cl)c(Cl)c2)n2c1CCC2)Nc1nccs1. The number of hydrogen-bond acceptors (Lipinski definition) is 3. The molecular weight excluding hydrogens is 379 g/mol. The van der Waals surface area contributed by atoms with Crippen LogP contribution in [-0.2, 0) is 24.3 Å². The summed E-state index contributed by atoms with van der Waals surface area (Å²) in [5, 5.41) is 6.34. The minimum absolute atomic E-state index is 0.0825. The van der Waals surface area contributed by atoms with E-state index in [4.69, 9.17) is 23.2 Å². The lowest BCUT2D eigenvalue weighted by Crippen LogP contribution is -2.42. The number of nitrogens with zero attached hydrogens (tertiary/aromatic N) is 3. The number of amides is 1. The van der Waals surface area contributed by atoms with Gasteiger partial charge >= 0.3 is 0 Å². The Bertz CT molecular complexity index is 937.